The maximum Gasteiger partial charge on any atom is 1.00 e. The van der Waals surface area contributed by atoms with Gasteiger partial charge in [0.15, 0.2) is 0 Å². The summed E-state index contributed by atoms with van der Waals surface area (Å²) < 4.78 is 14.1. The zero-order valence-electron chi connectivity index (χ0n) is 18.2. The van der Waals surface area contributed by atoms with Gasteiger partial charge in [-0.05, 0) is 37.5 Å². The summed E-state index contributed by atoms with van der Waals surface area (Å²) in [5, 5.41) is 13.7. The van der Waals surface area contributed by atoms with E-state index in [4.69, 9.17) is 5.11 Å². The van der Waals surface area contributed by atoms with E-state index in [9.17, 15) is 18.8 Å². The molecule has 1 saturated carbocycles. The Kier molecular flexibility index (Phi) is 12.1. The van der Waals surface area contributed by atoms with Crippen molar-refractivity contribution in [2.24, 2.45) is 5.92 Å². The Bertz CT molecular complexity index is 752. The second kappa shape index (κ2) is 13.7. The van der Waals surface area contributed by atoms with Gasteiger partial charge in [-0.3, -0.25) is 19.7 Å². The number of amides is 2. The molecule has 3 rings (SSSR count). The van der Waals surface area contributed by atoms with Crippen molar-refractivity contribution < 1.29 is 53.4 Å². The third-order valence-electron chi connectivity index (χ3n) is 5.36. The van der Waals surface area contributed by atoms with Gasteiger partial charge in [-0.15, -0.1) is 13.1 Å². The first-order valence-electron chi connectivity index (χ1n) is 10.3. The van der Waals surface area contributed by atoms with Gasteiger partial charge in [0.05, 0.1) is 11.6 Å². The minimum atomic E-state index is -0.602. The van der Waals surface area contributed by atoms with Crippen LogP contribution >= 0.6 is 0 Å². The molecule has 7 nitrogen and oxygen atoms in total. The number of aliphatic carboxylic acids is 1. The predicted molar refractivity (Wildman–Crippen MR) is 113 cm³/mol. The molecule has 0 bridgehead atoms. The fourth-order valence-corrected chi connectivity index (χ4v) is 3.59. The molecule has 2 aliphatic rings. The second-order valence-corrected chi connectivity index (χ2v) is 7.47. The monoisotopic (exact) mass is 442 g/mol. The average molecular weight is 442 g/mol. The summed E-state index contributed by atoms with van der Waals surface area (Å²) in [6.07, 6.45) is 5.92. The summed E-state index contributed by atoms with van der Waals surface area (Å²) in [5.74, 6) is -1.69. The molecule has 1 aromatic carbocycles. The van der Waals surface area contributed by atoms with E-state index in [1.807, 2.05) is 0 Å². The molecule has 1 unspecified atom stereocenters. The van der Waals surface area contributed by atoms with Crippen LogP contribution in [0.1, 0.15) is 44.9 Å². The van der Waals surface area contributed by atoms with Gasteiger partial charge in [-0.2, -0.15) is 0 Å². The third-order valence-corrected chi connectivity index (χ3v) is 5.36. The minimum absolute atomic E-state index is 0. The molecule has 1 saturated heterocycles. The largest absolute Gasteiger partial charge is 1.00 e. The van der Waals surface area contributed by atoms with Crippen molar-refractivity contribution in [1.29, 1.82) is 0 Å². The summed E-state index contributed by atoms with van der Waals surface area (Å²) in [5.41, 5.74) is 0.924. The summed E-state index contributed by atoms with van der Waals surface area (Å²) in [7, 11) is 0. The van der Waals surface area contributed by atoms with Gasteiger partial charge in [-0.1, -0.05) is 19.3 Å². The van der Waals surface area contributed by atoms with Crippen LogP contribution < -0.4 is 45.1 Å². The Hall–Kier alpha value is -1.64. The van der Waals surface area contributed by atoms with Gasteiger partial charge in [0.1, 0.15) is 11.9 Å². The van der Waals surface area contributed by atoms with Crippen LogP contribution in [0.25, 0.3) is 0 Å². The number of hydrogen-bond donors (Lipinski definition) is 3. The molecule has 1 aromatic rings. The number of benzene rings is 1. The minimum Gasteiger partial charge on any atom is -0.481 e. The summed E-state index contributed by atoms with van der Waals surface area (Å²) in [6, 6.07) is 4.13. The fourth-order valence-electron chi connectivity index (χ4n) is 3.59. The molecule has 1 atom stereocenters. The van der Waals surface area contributed by atoms with E-state index >= 15 is 0 Å². The van der Waals surface area contributed by atoms with Gasteiger partial charge >= 0.3 is 35.5 Å². The first-order valence-corrected chi connectivity index (χ1v) is 10.3. The zero-order chi connectivity index (χ0) is 22.1. The Morgan fingerprint density at radius 1 is 1.16 bits per heavy atom. The number of imide groups is 1. The average Bonchev–Trinajstić information content (AvgIpc) is 2.73. The quantitative estimate of drug-likeness (QED) is 0.330. The molecule has 0 spiro atoms. The molecule has 3 N–H and O–H groups in total. The predicted octanol–water partition coefficient (Wildman–Crippen LogP) is 0.173. The van der Waals surface area contributed by atoms with Crippen molar-refractivity contribution in [3.63, 3.8) is 0 Å². The van der Waals surface area contributed by atoms with Crippen LogP contribution in [0.4, 0.5) is 15.8 Å². The number of carbonyl (C=O) groups is 3. The molecular weight excluding hydrogens is 412 g/mol. The van der Waals surface area contributed by atoms with E-state index in [1.54, 1.807) is 17.0 Å². The summed E-state index contributed by atoms with van der Waals surface area (Å²) >= 11 is 0. The summed E-state index contributed by atoms with van der Waals surface area (Å²) in [4.78, 5) is 34.8. The van der Waals surface area contributed by atoms with Crippen molar-refractivity contribution in [1.82, 2.24) is 5.32 Å². The van der Waals surface area contributed by atoms with Crippen LogP contribution in [0.2, 0.25) is 0 Å². The van der Waals surface area contributed by atoms with Crippen molar-refractivity contribution in [2.45, 2.75) is 51.0 Å². The SMILES string of the molecule is O=C(O)C1CCCCC1.[CH2-]CN(C[CH2-])c1ccc(NC2CCC(=O)NC2=O)cc1F.[Na+]. The van der Waals surface area contributed by atoms with Gasteiger partial charge in [0.2, 0.25) is 11.8 Å². The number of carboxylic acids is 1. The van der Waals surface area contributed by atoms with E-state index in [0.29, 0.717) is 30.9 Å². The Morgan fingerprint density at radius 2 is 1.81 bits per heavy atom. The fraction of sp³-hybridized carbons (Fsp3) is 0.500. The molecule has 2 fully saturated rings. The van der Waals surface area contributed by atoms with Crippen LogP contribution in [-0.4, -0.2) is 42.0 Å². The standard InChI is InChI=1S/C15H18FN3O2.C7H12O2.Na/c1-3-19(4-2)13-7-5-10(9-11(13)16)17-12-6-8-14(20)18-15(12)21;8-7(9)6-4-2-1-3-5-6;/h5,7,9,12,17H,1-4,6,8H2,(H,18,20,21);6H,1-5H2,(H,8,9);/q-2;;+1. The molecular formula is C22H30FN3NaO4-. The van der Waals surface area contributed by atoms with Gasteiger partial charge < -0.3 is 29.2 Å². The molecule has 0 radical (unpaired) electrons. The maximum atomic E-state index is 14.1. The van der Waals surface area contributed by atoms with E-state index < -0.39 is 17.8 Å². The Morgan fingerprint density at radius 3 is 2.29 bits per heavy atom. The van der Waals surface area contributed by atoms with Crippen molar-refractivity contribution >= 4 is 29.2 Å². The Balaban J connectivity index is 0.000000404. The number of halogens is 1. The van der Waals surface area contributed by atoms with Crippen LogP contribution in [0, 0.1) is 25.6 Å². The number of anilines is 2. The first kappa shape index (κ1) is 27.4. The number of nitrogens with one attached hydrogen (secondary N) is 2. The first-order chi connectivity index (χ1) is 14.3. The van der Waals surface area contributed by atoms with Gasteiger partial charge in [0.25, 0.3) is 0 Å². The normalized spacial score (nSPS) is 18.7. The molecule has 0 aromatic heterocycles. The molecule has 2 amide bonds. The van der Waals surface area contributed by atoms with Crippen molar-refractivity contribution in [2.75, 3.05) is 23.3 Å². The number of nitrogens with zero attached hydrogens (tertiary/aromatic N) is 1. The second-order valence-electron chi connectivity index (χ2n) is 7.47. The van der Waals surface area contributed by atoms with E-state index in [0.717, 1.165) is 25.7 Å². The maximum absolute atomic E-state index is 14.1. The van der Waals surface area contributed by atoms with E-state index in [-0.39, 0.29) is 53.7 Å². The number of hydrogen-bond acceptors (Lipinski definition) is 5. The number of carbonyl (C=O) groups excluding carboxylic acids is 2. The molecule has 1 heterocycles. The molecule has 166 valence electrons. The van der Waals surface area contributed by atoms with Crippen molar-refractivity contribution in [3.05, 3.63) is 37.9 Å². The van der Waals surface area contributed by atoms with Crippen LogP contribution in [0.5, 0.6) is 0 Å². The Labute approximate surface area is 205 Å². The number of carboxylic acid groups (broad SMARTS) is 1. The van der Waals surface area contributed by atoms with Crippen LogP contribution in [-0.2, 0) is 14.4 Å². The number of piperidine rings is 1. The zero-order valence-corrected chi connectivity index (χ0v) is 20.2. The van der Waals surface area contributed by atoms with Crippen LogP contribution in [0.15, 0.2) is 18.2 Å². The summed E-state index contributed by atoms with van der Waals surface area (Å²) in [6.45, 7) is 8.29. The third kappa shape index (κ3) is 8.43. The number of rotatable bonds is 6. The van der Waals surface area contributed by atoms with Gasteiger partial charge in [-0.25, -0.2) is 4.39 Å². The molecule has 1 aliphatic carbocycles. The smallest absolute Gasteiger partial charge is 0.481 e. The molecule has 1 aliphatic heterocycles. The molecule has 9 heteroatoms. The van der Waals surface area contributed by atoms with Crippen LogP contribution in [0.3, 0.4) is 0 Å². The van der Waals surface area contributed by atoms with Crippen molar-refractivity contribution in [3.8, 4) is 0 Å². The van der Waals surface area contributed by atoms with E-state index in [1.165, 1.54) is 12.5 Å². The molecule has 31 heavy (non-hydrogen) atoms. The van der Waals surface area contributed by atoms with Gasteiger partial charge in [0, 0.05) is 12.1 Å². The van der Waals surface area contributed by atoms with E-state index in [2.05, 4.69) is 24.5 Å². The topological polar surface area (TPSA) is 98.7 Å².